The van der Waals surface area contributed by atoms with E-state index in [1.807, 2.05) is 6.92 Å². The second kappa shape index (κ2) is 4.00. The predicted octanol–water partition coefficient (Wildman–Crippen LogP) is 1.48. The fourth-order valence-electron chi connectivity index (χ4n) is 1.21. The Hall–Kier alpha value is -1.42. The lowest BCUT2D eigenvalue weighted by atomic mass is 10.1. The molecule has 13 heavy (non-hydrogen) atoms. The van der Waals surface area contributed by atoms with E-state index in [2.05, 4.69) is 0 Å². The molecule has 0 spiro atoms. The summed E-state index contributed by atoms with van der Waals surface area (Å²) in [6.07, 6.45) is 0.539. The molecule has 0 fully saturated rings. The van der Waals surface area contributed by atoms with Crippen molar-refractivity contribution in [2.24, 2.45) is 5.73 Å². The Morgan fingerprint density at radius 2 is 2.15 bits per heavy atom. The summed E-state index contributed by atoms with van der Waals surface area (Å²) in [7, 11) is 0. The van der Waals surface area contributed by atoms with Gasteiger partial charge in [0.25, 0.3) is 5.69 Å². The number of para-hydroxylation sites is 1. The maximum Gasteiger partial charge on any atom is 0.272 e. The predicted molar refractivity (Wildman–Crippen MR) is 50.4 cm³/mol. The van der Waals surface area contributed by atoms with Crippen molar-refractivity contribution in [3.05, 3.63) is 39.9 Å². The normalized spacial score (nSPS) is 12.5. The highest BCUT2D eigenvalue weighted by Gasteiger charge is 2.12. The summed E-state index contributed by atoms with van der Waals surface area (Å²) in [6, 6.07) is 6.62. The maximum atomic E-state index is 10.6. The molecular formula is C9H12N2O2. The van der Waals surface area contributed by atoms with E-state index in [1.165, 1.54) is 6.07 Å². The molecule has 0 unspecified atom stereocenters. The number of hydrogen-bond acceptors (Lipinski definition) is 3. The second-order valence-corrected chi connectivity index (χ2v) is 3.07. The van der Waals surface area contributed by atoms with Crippen LogP contribution in [0.25, 0.3) is 0 Å². The van der Waals surface area contributed by atoms with Crippen LogP contribution in [0, 0.1) is 10.1 Å². The zero-order chi connectivity index (χ0) is 9.84. The van der Waals surface area contributed by atoms with Crippen LogP contribution in [0.4, 0.5) is 5.69 Å². The molecule has 0 aromatic heterocycles. The largest absolute Gasteiger partial charge is 0.328 e. The van der Waals surface area contributed by atoms with Gasteiger partial charge in [0.1, 0.15) is 0 Å². The number of benzene rings is 1. The van der Waals surface area contributed by atoms with E-state index in [1.54, 1.807) is 18.2 Å². The van der Waals surface area contributed by atoms with Crippen molar-refractivity contribution in [3.63, 3.8) is 0 Å². The number of hydrogen-bond donors (Lipinski definition) is 1. The zero-order valence-corrected chi connectivity index (χ0v) is 7.43. The van der Waals surface area contributed by atoms with Crippen molar-refractivity contribution in [3.8, 4) is 0 Å². The molecule has 0 saturated heterocycles. The maximum absolute atomic E-state index is 10.6. The number of nitro groups is 1. The van der Waals surface area contributed by atoms with Crippen LogP contribution in [-0.2, 0) is 6.42 Å². The first-order chi connectivity index (χ1) is 6.11. The smallest absolute Gasteiger partial charge is 0.272 e. The van der Waals surface area contributed by atoms with E-state index >= 15 is 0 Å². The molecule has 1 atom stereocenters. The van der Waals surface area contributed by atoms with Gasteiger partial charge in [-0.1, -0.05) is 18.2 Å². The van der Waals surface area contributed by atoms with Gasteiger partial charge in [-0.25, -0.2) is 0 Å². The zero-order valence-electron chi connectivity index (χ0n) is 7.43. The monoisotopic (exact) mass is 180 g/mol. The number of nitrogens with two attached hydrogens (primary N) is 1. The van der Waals surface area contributed by atoms with Crippen molar-refractivity contribution in [2.75, 3.05) is 0 Å². The third-order valence-corrected chi connectivity index (χ3v) is 1.73. The molecule has 4 nitrogen and oxygen atoms in total. The molecule has 0 aliphatic carbocycles. The first-order valence-corrected chi connectivity index (χ1v) is 4.09. The van der Waals surface area contributed by atoms with Crippen molar-refractivity contribution in [1.29, 1.82) is 0 Å². The van der Waals surface area contributed by atoms with Crippen LogP contribution in [0.5, 0.6) is 0 Å². The van der Waals surface area contributed by atoms with Gasteiger partial charge in [0.15, 0.2) is 0 Å². The van der Waals surface area contributed by atoms with Crippen LogP contribution < -0.4 is 5.73 Å². The van der Waals surface area contributed by atoms with Gasteiger partial charge in [0.05, 0.1) is 4.92 Å². The van der Waals surface area contributed by atoms with Crippen LogP contribution >= 0.6 is 0 Å². The number of nitrogens with zero attached hydrogens (tertiary/aromatic N) is 1. The SMILES string of the molecule is C[C@@H](N)Cc1ccccc1[N+](=O)[O-]. The van der Waals surface area contributed by atoms with Gasteiger partial charge in [-0.2, -0.15) is 0 Å². The van der Waals surface area contributed by atoms with Crippen molar-refractivity contribution < 1.29 is 4.92 Å². The van der Waals surface area contributed by atoms with Crippen LogP contribution in [0.15, 0.2) is 24.3 Å². The average Bonchev–Trinajstić information content (AvgIpc) is 2.03. The van der Waals surface area contributed by atoms with Gasteiger partial charge >= 0.3 is 0 Å². The molecule has 2 N–H and O–H groups in total. The molecule has 0 heterocycles. The van der Waals surface area contributed by atoms with Crippen molar-refractivity contribution in [2.45, 2.75) is 19.4 Å². The summed E-state index contributed by atoms with van der Waals surface area (Å²) in [5.74, 6) is 0. The molecule has 0 amide bonds. The molecular weight excluding hydrogens is 168 g/mol. The van der Waals surface area contributed by atoms with Gasteiger partial charge in [-0.05, 0) is 13.3 Å². The second-order valence-electron chi connectivity index (χ2n) is 3.07. The van der Waals surface area contributed by atoms with E-state index in [0.717, 1.165) is 0 Å². The standard InChI is InChI=1S/C9H12N2O2/c1-7(10)6-8-4-2-3-5-9(8)11(12)13/h2-5,7H,6,10H2,1H3/t7-/m1/s1. The first-order valence-electron chi connectivity index (χ1n) is 4.09. The highest BCUT2D eigenvalue weighted by molar-refractivity contribution is 5.40. The highest BCUT2D eigenvalue weighted by atomic mass is 16.6. The number of rotatable bonds is 3. The summed E-state index contributed by atoms with van der Waals surface area (Å²) < 4.78 is 0. The molecule has 1 aromatic carbocycles. The van der Waals surface area contributed by atoms with E-state index in [9.17, 15) is 10.1 Å². The minimum absolute atomic E-state index is 0.0545. The highest BCUT2D eigenvalue weighted by Crippen LogP contribution is 2.18. The van der Waals surface area contributed by atoms with Crippen molar-refractivity contribution in [1.82, 2.24) is 0 Å². The average molecular weight is 180 g/mol. The van der Waals surface area contributed by atoms with Crippen LogP contribution in [0.1, 0.15) is 12.5 Å². The molecule has 1 aromatic rings. The summed E-state index contributed by atoms with van der Waals surface area (Å²) in [4.78, 5) is 10.2. The van der Waals surface area contributed by atoms with Gasteiger partial charge < -0.3 is 5.73 Å². The molecule has 1 rings (SSSR count). The fourth-order valence-corrected chi connectivity index (χ4v) is 1.21. The third-order valence-electron chi connectivity index (χ3n) is 1.73. The Morgan fingerprint density at radius 3 is 2.69 bits per heavy atom. The lowest BCUT2D eigenvalue weighted by Crippen LogP contribution is -2.18. The van der Waals surface area contributed by atoms with Crippen LogP contribution in [0.3, 0.4) is 0 Å². The summed E-state index contributed by atoms with van der Waals surface area (Å²) in [5, 5.41) is 10.6. The number of nitro benzene ring substituents is 1. The van der Waals surface area contributed by atoms with E-state index in [4.69, 9.17) is 5.73 Å². The van der Waals surface area contributed by atoms with Gasteiger partial charge in [-0.3, -0.25) is 10.1 Å². The summed E-state index contributed by atoms with van der Waals surface area (Å²) in [6.45, 7) is 1.83. The Morgan fingerprint density at radius 1 is 1.54 bits per heavy atom. The third kappa shape index (κ3) is 2.52. The first kappa shape index (κ1) is 9.67. The topological polar surface area (TPSA) is 69.2 Å². The molecule has 0 aliphatic rings. The lowest BCUT2D eigenvalue weighted by Gasteiger charge is -2.04. The van der Waals surface area contributed by atoms with Gasteiger partial charge in [0.2, 0.25) is 0 Å². The summed E-state index contributed by atoms with van der Waals surface area (Å²) >= 11 is 0. The molecule has 0 saturated carbocycles. The molecule has 4 heteroatoms. The quantitative estimate of drug-likeness (QED) is 0.565. The molecule has 0 radical (unpaired) electrons. The van der Waals surface area contributed by atoms with E-state index in [-0.39, 0.29) is 16.7 Å². The van der Waals surface area contributed by atoms with Crippen LogP contribution in [0.2, 0.25) is 0 Å². The summed E-state index contributed by atoms with van der Waals surface area (Å²) in [5.41, 5.74) is 6.42. The minimum atomic E-state index is -0.377. The van der Waals surface area contributed by atoms with Gasteiger partial charge in [-0.15, -0.1) is 0 Å². The Kier molecular flexibility index (Phi) is 2.97. The Bertz CT molecular complexity index is 310. The van der Waals surface area contributed by atoms with Gasteiger partial charge in [0, 0.05) is 17.7 Å². The molecule has 70 valence electrons. The lowest BCUT2D eigenvalue weighted by molar-refractivity contribution is -0.385. The molecule has 0 bridgehead atoms. The Labute approximate surface area is 76.5 Å². The van der Waals surface area contributed by atoms with E-state index < -0.39 is 0 Å². The molecule has 0 aliphatic heterocycles. The van der Waals surface area contributed by atoms with Crippen LogP contribution in [-0.4, -0.2) is 11.0 Å². The van der Waals surface area contributed by atoms with E-state index in [0.29, 0.717) is 12.0 Å². The van der Waals surface area contributed by atoms with Crippen molar-refractivity contribution >= 4 is 5.69 Å². The Balaban J connectivity index is 2.98. The minimum Gasteiger partial charge on any atom is -0.328 e. The fraction of sp³-hybridized carbons (Fsp3) is 0.333.